The first-order chi connectivity index (χ1) is 9.40. The van der Waals surface area contributed by atoms with Crippen molar-refractivity contribution in [1.29, 1.82) is 10.5 Å². The fraction of sp³-hybridized carbons (Fsp3) is 0.429. The summed E-state index contributed by atoms with van der Waals surface area (Å²) in [5.41, 5.74) is 0.434. The smallest absolute Gasteiger partial charge is 0.179 e. The van der Waals surface area contributed by atoms with Gasteiger partial charge in [0.25, 0.3) is 0 Å². The highest BCUT2D eigenvalue weighted by Gasteiger charge is 2.17. The van der Waals surface area contributed by atoms with E-state index in [9.17, 15) is 8.42 Å². The van der Waals surface area contributed by atoms with Gasteiger partial charge in [-0.25, -0.2) is 8.42 Å². The molecule has 1 aromatic carbocycles. The minimum absolute atomic E-state index is 0.00876. The summed E-state index contributed by atoms with van der Waals surface area (Å²) in [5, 5.41) is 17.3. The van der Waals surface area contributed by atoms with Crippen molar-refractivity contribution in [2.75, 3.05) is 19.3 Å². The van der Waals surface area contributed by atoms with E-state index in [2.05, 4.69) is 6.07 Å². The number of nitrogens with zero attached hydrogens (tertiary/aromatic N) is 3. The lowest BCUT2D eigenvalue weighted by atomic mass is 10.2. The molecule has 0 aliphatic carbocycles. The fourth-order valence-electron chi connectivity index (χ4n) is 1.63. The van der Waals surface area contributed by atoms with Crippen LogP contribution in [0.15, 0.2) is 29.2 Å². The number of hydrogen-bond acceptors (Lipinski definition) is 5. The molecule has 1 rings (SSSR count). The van der Waals surface area contributed by atoms with Crippen LogP contribution in [0.5, 0.6) is 0 Å². The zero-order valence-electron chi connectivity index (χ0n) is 11.6. The van der Waals surface area contributed by atoms with Gasteiger partial charge in [-0.15, -0.1) is 0 Å². The van der Waals surface area contributed by atoms with Gasteiger partial charge in [-0.05, 0) is 38.2 Å². The van der Waals surface area contributed by atoms with Gasteiger partial charge in [0.1, 0.15) is 0 Å². The van der Waals surface area contributed by atoms with Gasteiger partial charge in [0.15, 0.2) is 9.84 Å². The summed E-state index contributed by atoms with van der Waals surface area (Å²) in [5.74, 6) is -0.00876. The third kappa shape index (κ3) is 4.34. The maximum absolute atomic E-state index is 12.1. The van der Waals surface area contributed by atoms with E-state index in [4.69, 9.17) is 10.5 Å². The van der Waals surface area contributed by atoms with Crippen molar-refractivity contribution in [1.82, 2.24) is 4.90 Å². The van der Waals surface area contributed by atoms with E-state index in [-0.39, 0.29) is 16.7 Å². The van der Waals surface area contributed by atoms with Crippen LogP contribution < -0.4 is 0 Å². The molecule has 0 aliphatic heterocycles. The summed E-state index contributed by atoms with van der Waals surface area (Å²) in [6.07, 6.45) is 0.368. The van der Waals surface area contributed by atoms with Crippen LogP contribution in [-0.2, 0) is 9.84 Å². The highest BCUT2D eigenvalue weighted by Crippen LogP contribution is 2.13. The molecule has 0 aromatic heterocycles. The SMILES string of the molecule is CC(CC#N)N(C)CCS(=O)(=O)c1ccc(C#N)cc1. The van der Waals surface area contributed by atoms with Gasteiger partial charge in [0, 0.05) is 12.6 Å². The Labute approximate surface area is 120 Å². The van der Waals surface area contributed by atoms with Crippen LogP contribution in [0.3, 0.4) is 0 Å². The Bertz CT molecular complexity index is 624. The maximum Gasteiger partial charge on any atom is 0.179 e. The Morgan fingerprint density at radius 2 is 1.85 bits per heavy atom. The highest BCUT2D eigenvalue weighted by atomic mass is 32.2. The number of hydrogen-bond donors (Lipinski definition) is 0. The number of rotatable bonds is 6. The largest absolute Gasteiger partial charge is 0.302 e. The van der Waals surface area contributed by atoms with E-state index >= 15 is 0 Å². The van der Waals surface area contributed by atoms with Gasteiger partial charge < -0.3 is 4.90 Å². The van der Waals surface area contributed by atoms with Crippen molar-refractivity contribution >= 4 is 9.84 Å². The summed E-state index contributed by atoms with van der Waals surface area (Å²) in [6.45, 7) is 2.25. The van der Waals surface area contributed by atoms with E-state index in [1.165, 1.54) is 24.3 Å². The third-order valence-corrected chi connectivity index (χ3v) is 4.90. The standard InChI is InChI=1S/C14H17N3O2S/c1-12(7-8-15)17(2)9-10-20(18,19)14-5-3-13(11-16)4-6-14/h3-6,12H,7,9-10H2,1-2H3. The second-order valence-electron chi connectivity index (χ2n) is 4.65. The van der Waals surface area contributed by atoms with Crippen LogP contribution in [-0.4, -0.2) is 38.7 Å². The molecule has 0 spiro atoms. The second kappa shape index (κ2) is 7.04. The van der Waals surface area contributed by atoms with E-state index in [1.807, 2.05) is 17.9 Å². The van der Waals surface area contributed by atoms with Crippen LogP contribution in [0.25, 0.3) is 0 Å². The summed E-state index contributed by atoms with van der Waals surface area (Å²) in [7, 11) is -1.56. The first-order valence-electron chi connectivity index (χ1n) is 6.21. The molecule has 1 aromatic rings. The fourth-order valence-corrected chi connectivity index (χ4v) is 2.94. The van der Waals surface area contributed by atoms with Crippen molar-refractivity contribution in [3.05, 3.63) is 29.8 Å². The molecule has 5 nitrogen and oxygen atoms in total. The van der Waals surface area contributed by atoms with Crippen molar-refractivity contribution < 1.29 is 8.42 Å². The van der Waals surface area contributed by atoms with Gasteiger partial charge in [-0.2, -0.15) is 10.5 Å². The van der Waals surface area contributed by atoms with E-state index in [0.717, 1.165) is 0 Å². The monoisotopic (exact) mass is 291 g/mol. The predicted octanol–water partition coefficient (Wildman–Crippen LogP) is 1.57. The van der Waals surface area contributed by atoms with Crippen molar-refractivity contribution in [3.8, 4) is 12.1 Å². The lowest BCUT2D eigenvalue weighted by molar-refractivity contribution is 0.275. The minimum Gasteiger partial charge on any atom is -0.302 e. The first-order valence-corrected chi connectivity index (χ1v) is 7.86. The van der Waals surface area contributed by atoms with Crippen molar-refractivity contribution in [2.45, 2.75) is 24.3 Å². The molecule has 0 heterocycles. The molecule has 0 radical (unpaired) electrons. The lowest BCUT2D eigenvalue weighted by Gasteiger charge is -2.22. The summed E-state index contributed by atoms with van der Waals surface area (Å²) < 4.78 is 24.3. The van der Waals surface area contributed by atoms with Crippen molar-refractivity contribution in [2.24, 2.45) is 0 Å². The zero-order chi connectivity index (χ0) is 15.2. The molecular formula is C14H17N3O2S. The molecule has 0 amide bonds. The number of nitriles is 2. The van der Waals surface area contributed by atoms with Crippen LogP contribution in [0, 0.1) is 22.7 Å². The Kier molecular flexibility index (Phi) is 5.69. The third-order valence-electron chi connectivity index (χ3n) is 3.19. The van der Waals surface area contributed by atoms with Crippen LogP contribution in [0.4, 0.5) is 0 Å². The Hall–Kier alpha value is -1.89. The van der Waals surface area contributed by atoms with Gasteiger partial charge >= 0.3 is 0 Å². The van der Waals surface area contributed by atoms with Gasteiger partial charge in [-0.1, -0.05) is 0 Å². The minimum atomic E-state index is -3.36. The van der Waals surface area contributed by atoms with Crippen LogP contribution in [0.1, 0.15) is 18.9 Å². The van der Waals surface area contributed by atoms with E-state index in [1.54, 1.807) is 7.05 Å². The number of sulfone groups is 1. The second-order valence-corrected chi connectivity index (χ2v) is 6.76. The van der Waals surface area contributed by atoms with Gasteiger partial charge in [0.2, 0.25) is 0 Å². The molecule has 0 fully saturated rings. The quantitative estimate of drug-likeness (QED) is 0.794. The maximum atomic E-state index is 12.1. The first kappa shape index (κ1) is 16.2. The topological polar surface area (TPSA) is 85.0 Å². The summed E-state index contributed by atoms with van der Waals surface area (Å²) in [4.78, 5) is 2.07. The molecular weight excluding hydrogens is 274 g/mol. The summed E-state index contributed by atoms with van der Waals surface area (Å²) >= 11 is 0. The van der Waals surface area contributed by atoms with Crippen LogP contribution in [0.2, 0.25) is 0 Å². The lowest BCUT2D eigenvalue weighted by Crippen LogP contribution is -2.33. The molecule has 1 unspecified atom stereocenters. The van der Waals surface area contributed by atoms with Crippen molar-refractivity contribution in [3.63, 3.8) is 0 Å². The molecule has 0 bridgehead atoms. The van der Waals surface area contributed by atoms with Gasteiger partial charge in [-0.3, -0.25) is 0 Å². The Morgan fingerprint density at radius 3 is 2.35 bits per heavy atom. The van der Waals surface area contributed by atoms with E-state index < -0.39 is 9.84 Å². The van der Waals surface area contributed by atoms with E-state index in [0.29, 0.717) is 18.5 Å². The molecule has 0 aliphatic rings. The molecule has 0 N–H and O–H groups in total. The average molecular weight is 291 g/mol. The van der Waals surface area contributed by atoms with Crippen LogP contribution >= 0.6 is 0 Å². The molecule has 20 heavy (non-hydrogen) atoms. The molecule has 106 valence electrons. The Morgan fingerprint density at radius 1 is 1.25 bits per heavy atom. The molecule has 1 atom stereocenters. The highest BCUT2D eigenvalue weighted by molar-refractivity contribution is 7.91. The summed E-state index contributed by atoms with van der Waals surface area (Å²) in [6, 6.07) is 9.94. The normalized spacial score (nSPS) is 12.7. The predicted molar refractivity (Wildman–Crippen MR) is 75.5 cm³/mol. The average Bonchev–Trinajstić information content (AvgIpc) is 2.45. The zero-order valence-corrected chi connectivity index (χ0v) is 12.4. The molecule has 0 saturated heterocycles. The molecule has 6 heteroatoms. The Balaban J connectivity index is 2.71. The number of benzene rings is 1. The van der Waals surface area contributed by atoms with Gasteiger partial charge in [0.05, 0.1) is 34.8 Å². The molecule has 0 saturated carbocycles.